The summed E-state index contributed by atoms with van der Waals surface area (Å²) in [5.74, 6) is -1.03. The normalized spacial score (nSPS) is 12.6. The molecule has 2 aromatic heterocycles. The Morgan fingerprint density at radius 2 is 1.93 bits per heavy atom. The molecular formula is C19H18F3N5O3. The van der Waals surface area contributed by atoms with E-state index in [0.29, 0.717) is 11.3 Å². The summed E-state index contributed by atoms with van der Waals surface area (Å²) in [5.41, 5.74) is 0.645. The van der Waals surface area contributed by atoms with E-state index in [2.05, 4.69) is 20.4 Å². The van der Waals surface area contributed by atoms with E-state index in [1.54, 1.807) is 13.8 Å². The monoisotopic (exact) mass is 421 g/mol. The van der Waals surface area contributed by atoms with E-state index in [0.717, 1.165) is 16.9 Å². The van der Waals surface area contributed by atoms with Crippen LogP contribution < -0.4 is 0 Å². The molecule has 1 atom stereocenters. The van der Waals surface area contributed by atoms with Gasteiger partial charge in [-0.05, 0) is 43.7 Å². The largest absolute Gasteiger partial charge is 0.465 e. The van der Waals surface area contributed by atoms with Crippen LogP contribution in [0.5, 0.6) is 0 Å². The minimum absolute atomic E-state index is 0.0459. The number of ketones is 1. The number of alkyl halides is 3. The average Bonchev–Trinajstić information content (AvgIpc) is 3.31. The zero-order valence-corrected chi connectivity index (χ0v) is 16.5. The highest BCUT2D eigenvalue weighted by Crippen LogP contribution is 2.31. The van der Waals surface area contributed by atoms with Crippen LogP contribution in [-0.2, 0) is 10.9 Å². The van der Waals surface area contributed by atoms with Gasteiger partial charge in [-0.1, -0.05) is 12.1 Å². The molecule has 2 heterocycles. The van der Waals surface area contributed by atoms with E-state index < -0.39 is 29.5 Å². The van der Waals surface area contributed by atoms with Crippen molar-refractivity contribution >= 4 is 11.8 Å². The van der Waals surface area contributed by atoms with Gasteiger partial charge in [0.05, 0.1) is 23.9 Å². The molecule has 0 saturated carbocycles. The number of benzene rings is 1. The highest BCUT2D eigenvalue weighted by Gasteiger charge is 2.31. The Labute approximate surface area is 169 Å². The van der Waals surface area contributed by atoms with E-state index in [9.17, 15) is 22.8 Å². The Morgan fingerprint density at radius 1 is 1.23 bits per heavy atom. The topological polar surface area (TPSA) is 103 Å². The number of H-pyrrole nitrogens is 1. The molecule has 1 N–H and O–H groups in total. The smallest absolute Gasteiger partial charge is 0.416 e. The van der Waals surface area contributed by atoms with Crippen molar-refractivity contribution in [3.8, 4) is 11.4 Å². The number of carbonyl (C=O) groups excluding carboxylic acids is 2. The summed E-state index contributed by atoms with van der Waals surface area (Å²) < 4.78 is 43.5. The number of tetrazole rings is 1. The first-order valence-electron chi connectivity index (χ1n) is 8.83. The molecule has 0 aliphatic heterocycles. The molecule has 0 amide bonds. The van der Waals surface area contributed by atoms with E-state index in [4.69, 9.17) is 4.74 Å². The summed E-state index contributed by atoms with van der Waals surface area (Å²) in [6.07, 6.45) is -4.50. The van der Waals surface area contributed by atoms with Crippen LogP contribution >= 0.6 is 0 Å². The second-order valence-corrected chi connectivity index (χ2v) is 6.67. The molecule has 0 bridgehead atoms. The van der Waals surface area contributed by atoms with Gasteiger partial charge in [0.25, 0.3) is 0 Å². The molecule has 1 aromatic carbocycles. The van der Waals surface area contributed by atoms with Crippen LogP contribution in [0.15, 0.2) is 24.3 Å². The van der Waals surface area contributed by atoms with Crippen molar-refractivity contribution in [1.29, 1.82) is 0 Å². The first kappa shape index (κ1) is 21.2. The molecule has 11 heteroatoms. The molecule has 8 nitrogen and oxygen atoms in total. The van der Waals surface area contributed by atoms with Gasteiger partial charge < -0.3 is 9.72 Å². The van der Waals surface area contributed by atoms with Gasteiger partial charge in [0.1, 0.15) is 6.04 Å². The first-order chi connectivity index (χ1) is 14.0. The number of hydrogen-bond acceptors (Lipinski definition) is 6. The van der Waals surface area contributed by atoms with E-state index in [1.165, 1.54) is 26.2 Å². The van der Waals surface area contributed by atoms with Crippen molar-refractivity contribution in [2.75, 3.05) is 7.11 Å². The molecule has 3 rings (SSSR count). The number of nitrogens with zero attached hydrogens (tertiary/aromatic N) is 4. The maximum atomic E-state index is 12.9. The van der Waals surface area contributed by atoms with Crippen LogP contribution in [0, 0.1) is 13.8 Å². The van der Waals surface area contributed by atoms with Crippen molar-refractivity contribution in [2.45, 2.75) is 33.0 Å². The summed E-state index contributed by atoms with van der Waals surface area (Å²) in [4.78, 5) is 28.7. The van der Waals surface area contributed by atoms with Crippen molar-refractivity contribution in [2.24, 2.45) is 0 Å². The Bertz CT molecular complexity index is 1120. The van der Waals surface area contributed by atoms with Gasteiger partial charge in [-0.25, -0.2) is 4.79 Å². The van der Waals surface area contributed by atoms with E-state index in [1.807, 2.05) is 0 Å². The van der Waals surface area contributed by atoms with E-state index >= 15 is 0 Å². The van der Waals surface area contributed by atoms with Gasteiger partial charge in [0.2, 0.25) is 11.6 Å². The average molecular weight is 421 g/mol. The van der Waals surface area contributed by atoms with Crippen molar-refractivity contribution in [3.05, 3.63) is 52.3 Å². The number of aromatic nitrogens is 5. The zero-order chi connectivity index (χ0) is 22.2. The lowest BCUT2D eigenvalue weighted by Gasteiger charge is -2.09. The Hall–Kier alpha value is -3.50. The standard InChI is InChI=1S/C19H18F3N5O3/c1-9-14(18(29)30-4)10(2)23-15(9)16(28)11(3)27-25-17(24-26-27)12-6-5-7-13(8-12)19(20,21)22/h5-8,11,23H,1-4H3/t11-/m0/s1. The highest BCUT2D eigenvalue weighted by molar-refractivity contribution is 6.03. The number of halogens is 3. The quantitative estimate of drug-likeness (QED) is 0.499. The molecule has 0 radical (unpaired) electrons. The Morgan fingerprint density at radius 3 is 2.57 bits per heavy atom. The van der Waals surface area contributed by atoms with Gasteiger partial charge in [0.15, 0.2) is 0 Å². The fourth-order valence-electron chi connectivity index (χ4n) is 3.06. The summed E-state index contributed by atoms with van der Waals surface area (Å²) in [7, 11) is 1.24. The van der Waals surface area contributed by atoms with E-state index in [-0.39, 0.29) is 22.6 Å². The molecule has 0 saturated heterocycles. The second kappa shape index (κ2) is 7.73. The lowest BCUT2D eigenvalue weighted by Crippen LogP contribution is -2.20. The summed E-state index contributed by atoms with van der Waals surface area (Å²) in [5, 5.41) is 11.6. The highest BCUT2D eigenvalue weighted by atomic mass is 19.4. The van der Waals surface area contributed by atoms with Gasteiger partial charge in [-0.15, -0.1) is 10.2 Å². The molecule has 0 spiro atoms. The summed E-state index contributed by atoms with van der Waals surface area (Å²) in [6.45, 7) is 4.77. The zero-order valence-electron chi connectivity index (χ0n) is 16.5. The van der Waals surface area contributed by atoms with Crippen LogP contribution in [0.25, 0.3) is 11.4 Å². The third kappa shape index (κ3) is 3.82. The predicted molar refractivity (Wildman–Crippen MR) is 98.9 cm³/mol. The third-order valence-corrected chi connectivity index (χ3v) is 4.68. The summed E-state index contributed by atoms with van der Waals surface area (Å²) in [6, 6.07) is 3.60. The summed E-state index contributed by atoms with van der Waals surface area (Å²) >= 11 is 0. The maximum Gasteiger partial charge on any atom is 0.416 e. The lowest BCUT2D eigenvalue weighted by molar-refractivity contribution is -0.137. The number of aromatic amines is 1. The lowest BCUT2D eigenvalue weighted by atomic mass is 10.1. The van der Waals surface area contributed by atoms with Crippen LogP contribution in [0.3, 0.4) is 0 Å². The number of rotatable bonds is 5. The van der Waals surface area contributed by atoms with Crippen molar-refractivity contribution < 1.29 is 27.5 Å². The molecule has 0 aliphatic rings. The molecule has 0 unspecified atom stereocenters. The van der Waals surface area contributed by atoms with Crippen LogP contribution in [0.2, 0.25) is 0 Å². The number of ether oxygens (including phenoxy) is 1. The fraction of sp³-hybridized carbons (Fsp3) is 0.316. The first-order valence-corrected chi connectivity index (χ1v) is 8.83. The Balaban J connectivity index is 1.90. The second-order valence-electron chi connectivity index (χ2n) is 6.67. The van der Waals surface area contributed by atoms with Gasteiger partial charge in [0, 0.05) is 11.3 Å². The number of aryl methyl sites for hydroxylation is 1. The van der Waals surface area contributed by atoms with Gasteiger partial charge in [-0.3, -0.25) is 4.79 Å². The van der Waals surface area contributed by atoms with Crippen LogP contribution in [0.4, 0.5) is 13.2 Å². The van der Waals surface area contributed by atoms with Crippen molar-refractivity contribution in [1.82, 2.24) is 25.2 Å². The number of methoxy groups -OCH3 is 1. The number of nitrogens with one attached hydrogen (secondary N) is 1. The molecule has 0 aliphatic carbocycles. The molecular weight excluding hydrogens is 403 g/mol. The number of esters is 1. The number of Topliss-reactive ketones (excluding diaryl/α,β-unsaturated/α-hetero) is 1. The fourth-order valence-corrected chi connectivity index (χ4v) is 3.06. The van der Waals surface area contributed by atoms with Gasteiger partial charge >= 0.3 is 12.1 Å². The third-order valence-electron chi connectivity index (χ3n) is 4.68. The van der Waals surface area contributed by atoms with Gasteiger partial charge in [-0.2, -0.15) is 18.0 Å². The van der Waals surface area contributed by atoms with Crippen LogP contribution in [0.1, 0.15) is 50.6 Å². The maximum absolute atomic E-state index is 12.9. The molecule has 3 aromatic rings. The number of carbonyl (C=O) groups is 2. The van der Waals surface area contributed by atoms with Crippen molar-refractivity contribution in [3.63, 3.8) is 0 Å². The minimum atomic E-state index is -4.50. The number of hydrogen-bond donors (Lipinski definition) is 1. The van der Waals surface area contributed by atoms with Crippen LogP contribution in [-0.4, -0.2) is 44.1 Å². The SMILES string of the molecule is COC(=O)c1c(C)[nH]c(C(=O)[C@H](C)n2nnc(-c3cccc(C(F)(F)F)c3)n2)c1C. The molecule has 158 valence electrons. The Kier molecular flexibility index (Phi) is 5.47. The molecule has 30 heavy (non-hydrogen) atoms. The molecule has 0 fully saturated rings. The predicted octanol–water partition coefficient (Wildman–Crippen LogP) is 3.53. The minimum Gasteiger partial charge on any atom is -0.465 e.